The first-order chi connectivity index (χ1) is 17.7. The second kappa shape index (κ2) is 9.95. The molecule has 0 unspecified atom stereocenters. The van der Waals surface area contributed by atoms with Crippen molar-refractivity contribution in [2.24, 2.45) is 0 Å². The minimum atomic E-state index is -4.23. The molecule has 11 nitrogen and oxygen atoms in total. The summed E-state index contributed by atoms with van der Waals surface area (Å²) in [6, 6.07) is 5.18. The third kappa shape index (κ3) is 5.08. The van der Waals surface area contributed by atoms with Gasteiger partial charge in [-0.15, -0.1) is 0 Å². The van der Waals surface area contributed by atoms with Crippen LogP contribution < -0.4 is 10.6 Å². The lowest BCUT2D eigenvalue weighted by Crippen LogP contribution is -2.36. The van der Waals surface area contributed by atoms with Crippen LogP contribution in [0.2, 0.25) is 0 Å². The zero-order valence-electron chi connectivity index (χ0n) is 19.3. The molecule has 0 spiro atoms. The Morgan fingerprint density at radius 1 is 1.16 bits per heavy atom. The minimum Gasteiger partial charge on any atom is -0.368 e. The fourth-order valence-corrected chi connectivity index (χ4v) is 5.71. The molecule has 0 aliphatic carbocycles. The molecule has 37 heavy (non-hydrogen) atoms. The molecule has 1 saturated heterocycles. The first kappa shape index (κ1) is 24.9. The minimum absolute atomic E-state index is 0.0443. The zero-order valence-corrected chi connectivity index (χ0v) is 20.1. The molecule has 3 N–H and O–H groups in total. The van der Waals surface area contributed by atoms with E-state index in [0.717, 1.165) is 22.9 Å². The molecule has 1 atom stereocenters. The molecule has 2 aromatic heterocycles. The number of H-pyrrole nitrogens is 1. The number of nitrogens with one attached hydrogen (secondary N) is 3. The standard InChI is InChI=1S/C23H22F2N6O5S/c24-13-9-14(25)11-15(10-13)37(34,35)31-7-5-17-16(12-31)21(30-29-17)28-23(33)20-18(3-1-6-26-20)27-22(32)19-4-2-8-36-19/h1,3,6,9-11,19H,2,4-5,7-8,12H2,(H,27,32)(H2,28,29,30,33)/t19-/m0/s1. The number of aromatic nitrogens is 3. The van der Waals surface area contributed by atoms with Gasteiger partial charge < -0.3 is 15.4 Å². The first-order valence-corrected chi connectivity index (χ1v) is 12.9. The van der Waals surface area contributed by atoms with Gasteiger partial charge in [0.05, 0.1) is 10.6 Å². The van der Waals surface area contributed by atoms with Crippen LogP contribution in [-0.4, -0.2) is 59.0 Å². The Morgan fingerprint density at radius 3 is 2.68 bits per heavy atom. The molecule has 0 radical (unpaired) electrons. The van der Waals surface area contributed by atoms with E-state index in [2.05, 4.69) is 25.8 Å². The summed E-state index contributed by atoms with van der Waals surface area (Å²) in [7, 11) is -4.23. The van der Waals surface area contributed by atoms with E-state index in [1.54, 1.807) is 6.07 Å². The Kier molecular flexibility index (Phi) is 6.70. The molecular weight excluding hydrogens is 510 g/mol. The number of anilines is 2. The van der Waals surface area contributed by atoms with Gasteiger partial charge in [0.25, 0.3) is 11.8 Å². The number of sulfonamides is 1. The van der Waals surface area contributed by atoms with Gasteiger partial charge in [-0.1, -0.05) is 0 Å². The van der Waals surface area contributed by atoms with Gasteiger partial charge in [0.1, 0.15) is 17.7 Å². The Bertz CT molecular complexity index is 1450. The van der Waals surface area contributed by atoms with Gasteiger partial charge in [0, 0.05) is 49.6 Å². The van der Waals surface area contributed by atoms with E-state index in [4.69, 9.17) is 4.74 Å². The number of hydrogen-bond donors (Lipinski definition) is 3. The predicted octanol–water partition coefficient (Wildman–Crippen LogP) is 2.20. The highest BCUT2D eigenvalue weighted by molar-refractivity contribution is 7.89. The Hall–Kier alpha value is -3.75. The quantitative estimate of drug-likeness (QED) is 0.441. The van der Waals surface area contributed by atoms with Gasteiger partial charge in [0.15, 0.2) is 11.5 Å². The number of carbonyl (C=O) groups is 2. The highest BCUT2D eigenvalue weighted by Crippen LogP contribution is 2.29. The second-order valence-corrected chi connectivity index (χ2v) is 10.5. The number of ether oxygens (including phenoxy) is 1. The van der Waals surface area contributed by atoms with Crippen LogP contribution in [0.5, 0.6) is 0 Å². The maximum atomic E-state index is 13.7. The lowest BCUT2D eigenvalue weighted by atomic mass is 10.1. The molecular formula is C23H22F2N6O5S. The van der Waals surface area contributed by atoms with E-state index in [0.29, 0.717) is 30.4 Å². The van der Waals surface area contributed by atoms with Gasteiger partial charge in [-0.25, -0.2) is 22.2 Å². The predicted molar refractivity (Wildman–Crippen MR) is 126 cm³/mol. The second-order valence-electron chi connectivity index (χ2n) is 8.57. The SMILES string of the molecule is O=C(Nc1n[nH]c2c1CN(S(=O)(=O)c1cc(F)cc(F)c1)CC2)c1ncccc1NC(=O)[C@@H]1CCCO1. The van der Waals surface area contributed by atoms with E-state index >= 15 is 0 Å². The molecule has 0 bridgehead atoms. The summed E-state index contributed by atoms with van der Waals surface area (Å²) >= 11 is 0. The van der Waals surface area contributed by atoms with Crippen molar-refractivity contribution in [2.75, 3.05) is 23.8 Å². The van der Waals surface area contributed by atoms with Crippen LogP contribution in [0.4, 0.5) is 20.3 Å². The third-order valence-corrected chi connectivity index (χ3v) is 7.93. The van der Waals surface area contributed by atoms with Crippen molar-refractivity contribution in [3.8, 4) is 0 Å². The van der Waals surface area contributed by atoms with Gasteiger partial charge >= 0.3 is 0 Å². The largest absolute Gasteiger partial charge is 0.368 e. The number of halogens is 2. The van der Waals surface area contributed by atoms with E-state index in [9.17, 15) is 26.8 Å². The van der Waals surface area contributed by atoms with E-state index in [1.807, 2.05) is 0 Å². The van der Waals surface area contributed by atoms with Crippen LogP contribution in [0.1, 0.15) is 34.6 Å². The Balaban J connectivity index is 1.35. The number of carbonyl (C=O) groups excluding carboxylic acids is 2. The van der Waals surface area contributed by atoms with Gasteiger partial charge in [-0.3, -0.25) is 14.7 Å². The summed E-state index contributed by atoms with van der Waals surface area (Å²) in [5, 5.41) is 12.2. The van der Waals surface area contributed by atoms with Crippen molar-refractivity contribution < 1.29 is 31.5 Å². The highest BCUT2D eigenvalue weighted by Gasteiger charge is 2.32. The Morgan fingerprint density at radius 2 is 1.95 bits per heavy atom. The number of hydrogen-bond acceptors (Lipinski definition) is 7. The number of pyridine rings is 1. The highest BCUT2D eigenvalue weighted by atomic mass is 32.2. The average molecular weight is 533 g/mol. The van der Waals surface area contributed by atoms with Gasteiger partial charge in [-0.05, 0) is 37.1 Å². The van der Waals surface area contributed by atoms with E-state index < -0.39 is 38.6 Å². The molecule has 14 heteroatoms. The summed E-state index contributed by atoms with van der Waals surface area (Å²) in [4.78, 5) is 29.1. The maximum Gasteiger partial charge on any atom is 0.277 e. The molecule has 2 aliphatic rings. The lowest BCUT2D eigenvalue weighted by Gasteiger charge is -2.26. The monoisotopic (exact) mass is 532 g/mol. The molecule has 5 rings (SSSR count). The average Bonchev–Trinajstić information content (AvgIpc) is 3.54. The number of aromatic amines is 1. The fourth-order valence-electron chi connectivity index (χ4n) is 4.26. The van der Waals surface area contributed by atoms with Crippen LogP contribution in [0.15, 0.2) is 41.4 Å². The van der Waals surface area contributed by atoms with Crippen LogP contribution in [0, 0.1) is 11.6 Å². The third-order valence-electron chi connectivity index (χ3n) is 6.11. The summed E-state index contributed by atoms with van der Waals surface area (Å²) in [6.45, 7) is 0.346. The van der Waals surface area contributed by atoms with Crippen molar-refractivity contribution in [1.82, 2.24) is 19.5 Å². The number of nitrogens with zero attached hydrogens (tertiary/aromatic N) is 3. The number of rotatable bonds is 6. The van der Waals surface area contributed by atoms with Gasteiger partial charge in [-0.2, -0.15) is 9.40 Å². The number of amides is 2. The topological polar surface area (TPSA) is 146 Å². The summed E-state index contributed by atoms with van der Waals surface area (Å²) in [6.07, 6.45) is 2.37. The summed E-state index contributed by atoms with van der Waals surface area (Å²) in [5.74, 6) is -3.00. The Labute approximate surface area is 210 Å². The number of fused-ring (bicyclic) bond motifs is 1. The zero-order chi connectivity index (χ0) is 26.2. The molecule has 1 fully saturated rings. The van der Waals surface area contributed by atoms with Crippen molar-refractivity contribution in [3.63, 3.8) is 0 Å². The number of benzene rings is 1. The maximum absolute atomic E-state index is 13.7. The van der Waals surface area contributed by atoms with Crippen LogP contribution in [0.3, 0.4) is 0 Å². The van der Waals surface area contributed by atoms with Gasteiger partial charge in [0.2, 0.25) is 10.0 Å². The fraction of sp³-hybridized carbons (Fsp3) is 0.304. The first-order valence-electron chi connectivity index (χ1n) is 11.4. The van der Waals surface area contributed by atoms with Crippen molar-refractivity contribution in [2.45, 2.75) is 36.8 Å². The van der Waals surface area contributed by atoms with Crippen LogP contribution in [-0.2, 0) is 32.5 Å². The van der Waals surface area contributed by atoms with E-state index in [-0.39, 0.29) is 42.6 Å². The van der Waals surface area contributed by atoms with Crippen molar-refractivity contribution in [1.29, 1.82) is 0 Å². The van der Waals surface area contributed by atoms with Crippen LogP contribution >= 0.6 is 0 Å². The molecule has 1 aromatic carbocycles. The van der Waals surface area contributed by atoms with Crippen LogP contribution in [0.25, 0.3) is 0 Å². The molecule has 0 saturated carbocycles. The van der Waals surface area contributed by atoms with Crippen molar-refractivity contribution >= 4 is 33.3 Å². The molecule has 4 heterocycles. The van der Waals surface area contributed by atoms with Crippen molar-refractivity contribution in [3.05, 3.63) is 65.1 Å². The molecule has 3 aromatic rings. The molecule has 194 valence electrons. The smallest absolute Gasteiger partial charge is 0.277 e. The molecule has 2 amide bonds. The summed E-state index contributed by atoms with van der Waals surface area (Å²) in [5.41, 5.74) is 1.13. The molecule has 2 aliphatic heterocycles. The summed E-state index contributed by atoms with van der Waals surface area (Å²) < 4.78 is 59.8. The van der Waals surface area contributed by atoms with E-state index in [1.165, 1.54) is 12.3 Å². The normalized spacial score (nSPS) is 17.8. The lowest BCUT2D eigenvalue weighted by molar-refractivity contribution is -0.124.